The Hall–Kier alpha value is -3.10. The van der Waals surface area contributed by atoms with Crippen LogP contribution in [0.5, 0.6) is 0 Å². The van der Waals surface area contributed by atoms with Gasteiger partial charge in [0.2, 0.25) is 6.04 Å². The van der Waals surface area contributed by atoms with E-state index in [1.165, 1.54) is 0 Å². The van der Waals surface area contributed by atoms with Crippen molar-refractivity contribution in [3.63, 3.8) is 0 Å². The molecule has 1 fully saturated rings. The van der Waals surface area contributed by atoms with E-state index in [0.717, 1.165) is 29.8 Å². The Bertz CT molecular complexity index is 911. The van der Waals surface area contributed by atoms with Crippen molar-refractivity contribution < 1.29 is 15.0 Å². The highest BCUT2D eigenvalue weighted by Crippen LogP contribution is 2.31. The molecule has 150 valence electrons. The first-order valence-corrected chi connectivity index (χ1v) is 9.83. The number of hydrogen-bond acceptors (Lipinski definition) is 3. The predicted molar refractivity (Wildman–Crippen MR) is 115 cm³/mol. The number of carbonyl (C=O) groups is 1. The van der Waals surface area contributed by atoms with Gasteiger partial charge in [-0.3, -0.25) is 0 Å². The average molecular weight is 390 g/mol. The number of rotatable bonds is 6. The van der Waals surface area contributed by atoms with Crippen LogP contribution in [0.3, 0.4) is 0 Å². The van der Waals surface area contributed by atoms with E-state index in [9.17, 15) is 9.90 Å². The summed E-state index contributed by atoms with van der Waals surface area (Å²) in [5, 5.41) is 19.3. The molecule has 2 N–H and O–H groups in total. The maximum Gasteiger partial charge on any atom is 0.335 e. The van der Waals surface area contributed by atoms with Crippen molar-refractivity contribution in [3.05, 3.63) is 82.7 Å². The molecule has 3 unspecified atom stereocenters. The van der Waals surface area contributed by atoms with Crippen LogP contribution in [-0.2, 0) is 0 Å². The highest BCUT2D eigenvalue weighted by atomic mass is 16.4. The Balaban J connectivity index is 1.80. The summed E-state index contributed by atoms with van der Waals surface area (Å²) < 4.78 is 0. The molecule has 1 aliphatic rings. The van der Waals surface area contributed by atoms with Gasteiger partial charge in [-0.25, -0.2) is 11.4 Å². The van der Waals surface area contributed by atoms with Crippen molar-refractivity contribution >= 4 is 17.7 Å². The van der Waals surface area contributed by atoms with Gasteiger partial charge in [0.15, 0.2) is 0 Å². The predicted octanol–water partition coefficient (Wildman–Crippen LogP) is 4.65. The number of nitrogens with zero attached hydrogens (tertiary/aromatic N) is 2. The third-order valence-corrected chi connectivity index (χ3v) is 5.43. The molecule has 5 heteroatoms. The van der Waals surface area contributed by atoms with Gasteiger partial charge in [-0.1, -0.05) is 50.3 Å². The lowest BCUT2D eigenvalue weighted by Gasteiger charge is -2.24. The van der Waals surface area contributed by atoms with Crippen molar-refractivity contribution in [1.29, 1.82) is 0 Å². The minimum Gasteiger partial charge on any atom is -0.478 e. The van der Waals surface area contributed by atoms with Gasteiger partial charge in [0, 0.05) is 18.7 Å². The molecule has 0 amide bonds. The Morgan fingerprint density at radius 1 is 1.17 bits per heavy atom. The van der Waals surface area contributed by atoms with Crippen LogP contribution in [-0.4, -0.2) is 34.8 Å². The molecule has 0 aliphatic carbocycles. The molecular formula is C24H26N2O3. The summed E-state index contributed by atoms with van der Waals surface area (Å²) in [4.78, 5) is 17.0. The van der Waals surface area contributed by atoms with Gasteiger partial charge in [0.25, 0.3) is 0 Å². The number of aromatic carboxylic acids is 1. The quantitative estimate of drug-likeness (QED) is 0.705. The zero-order valence-electron chi connectivity index (χ0n) is 16.7. The summed E-state index contributed by atoms with van der Waals surface area (Å²) in [7, 11) is 0. The zero-order valence-corrected chi connectivity index (χ0v) is 16.7. The Kier molecular flexibility index (Phi) is 6.36. The number of anilines is 1. The maximum absolute atomic E-state index is 11.0. The van der Waals surface area contributed by atoms with E-state index < -0.39 is 12.1 Å². The zero-order chi connectivity index (χ0) is 21.0. The summed E-state index contributed by atoms with van der Waals surface area (Å²) in [6, 6.07) is 14.5. The fourth-order valence-electron chi connectivity index (χ4n) is 3.67. The summed E-state index contributed by atoms with van der Waals surface area (Å²) in [5.74, 6) is -0.788. The normalized spacial score (nSPS) is 20.2. The van der Waals surface area contributed by atoms with Gasteiger partial charge in [-0.15, -0.1) is 0 Å². The van der Waals surface area contributed by atoms with Crippen molar-refractivity contribution in [2.75, 3.05) is 11.4 Å². The molecule has 1 saturated heterocycles. The van der Waals surface area contributed by atoms with Crippen molar-refractivity contribution in [1.82, 2.24) is 0 Å². The molecule has 1 heterocycles. The third kappa shape index (κ3) is 4.67. The van der Waals surface area contributed by atoms with E-state index in [1.807, 2.05) is 50.3 Å². The molecule has 2 aromatic rings. The minimum absolute atomic E-state index is 0.0486. The van der Waals surface area contributed by atoms with Crippen LogP contribution in [0, 0.1) is 12.5 Å². The number of carboxylic acids is 1. The molecule has 0 saturated carbocycles. The van der Waals surface area contributed by atoms with Gasteiger partial charge in [0.05, 0.1) is 11.7 Å². The van der Waals surface area contributed by atoms with Gasteiger partial charge < -0.3 is 20.0 Å². The van der Waals surface area contributed by atoms with Crippen LogP contribution in [0.1, 0.15) is 47.9 Å². The van der Waals surface area contributed by atoms with Crippen molar-refractivity contribution in [3.8, 4) is 0 Å². The molecule has 3 rings (SSSR count). The minimum atomic E-state index is -0.943. The number of carboxylic acid groups (broad SMARTS) is 1. The van der Waals surface area contributed by atoms with E-state index >= 15 is 0 Å². The Morgan fingerprint density at radius 3 is 2.38 bits per heavy atom. The second kappa shape index (κ2) is 8.93. The van der Waals surface area contributed by atoms with Crippen molar-refractivity contribution in [2.24, 2.45) is 5.92 Å². The van der Waals surface area contributed by atoms with E-state index in [4.69, 9.17) is 11.7 Å². The Morgan fingerprint density at radius 2 is 1.83 bits per heavy atom. The SMILES string of the molecule is [C-]#[N+]C1CCN(c2ccc(C(O)C(C)C)cc2)C1C=Cc1ccc(C(=O)O)cc1. The van der Waals surface area contributed by atoms with E-state index in [-0.39, 0.29) is 23.6 Å². The topological polar surface area (TPSA) is 65.1 Å². The van der Waals surface area contributed by atoms with Gasteiger partial charge in [0.1, 0.15) is 6.04 Å². The van der Waals surface area contributed by atoms with Gasteiger partial charge in [-0.2, -0.15) is 0 Å². The van der Waals surface area contributed by atoms with E-state index in [0.29, 0.717) is 0 Å². The molecule has 5 nitrogen and oxygen atoms in total. The first-order valence-electron chi connectivity index (χ1n) is 9.83. The van der Waals surface area contributed by atoms with Gasteiger partial charge in [-0.05, 0) is 41.3 Å². The standard InChI is InChI=1S/C24H26N2O3/c1-16(2)23(27)18-9-11-20(12-10-18)26-15-14-21(25-3)22(26)13-6-17-4-7-19(8-5-17)24(28)29/h4-13,16,21-23,27H,14-15H2,1-2H3,(H,28,29). The molecule has 3 atom stereocenters. The molecule has 0 spiro atoms. The summed E-state index contributed by atoms with van der Waals surface area (Å²) in [6.07, 6.45) is 4.29. The molecule has 0 radical (unpaired) electrons. The van der Waals surface area contributed by atoms with Crippen LogP contribution in [0.4, 0.5) is 5.69 Å². The number of hydrogen-bond donors (Lipinski definition) is 2. The summed E-state index contributed by atoms with van der Waals surface area (Å²) in [5.41, 5.74) is 3.09. The number of aliphatic hydroxyl groups is 1. The molecule has 29 heavy (non-hydrogen) atoms. The lowest BCUT2D eigenvalue weighted by Crippen LogP contribution is -2.32. The largest absolute Gasteiger partial charge is 0.478 e. The first-order chi connectivity index (χ1) is 13.9. The molecule has 0 aromatic heterocycles. The molecule has 0 bridgehead atoms. The maximum atomic E-state index is 11.0. The summed E-state index contributed by atoms with van der Waals surface area (Å²) >= 11 is 0. The Labute approximate surface area is 171 Å². The van der Waals surface area contributed by atoms with Gasteiger partial charge >= 0.3 is 5.97 Å². The number of benzene rings is 2. The number of aliphatic hydroxyl groups excluding tert-OH is 1. The van der Waals surface area contributed by atoms with E-state index in [2.05, 4.69) is 9.74 Å². The van der Waals surface area contributed by atoms with Crippen LogP contribution in [0.2, 0.25) is 0 Å². The molecular weight excluding hydrogens is 364 g/mol. The van der Waals surface area contributed by atoms with Crippen LogP contribution in [0.15, 0.2) is 54.6 Å². The van der Waals surface area contributed by atoms with Crippen LogP contribution in [0.25, 0.3) is 10.9 Å². The van der Waals surface area contributed by atoms with Crippen molar-refractivity contribution in [2.45, 2.75) is 38.5 Å². The lowest BCUT2D eigenvalue weighted by molar-refractivity contribution is 0.0697. The second-order valence-electron chi connectivity index (χ2n) is 7.74. The third-order valence-electron chi connectivity index (χ3n) is 5.43. The van der Waals surface area contributed by atoms with Crippen LogP contribution >= 0.6 is 0 Å². The monoisotopic (exact) mass is 390 g/mol. The lowest BCUT2D eigenvalue weighted by atomic mass is 9.99. The molecule has 2 aromatic carbocycles. The summed E-state index contributed by atoms with van der Waals surface area (Å²) in [6.45, 7) is 12.3. The first kappa shape index (κ1) is 20.6. The fraction of sp³-hybridized carbons (Fsp3) is 0.333. The van der Waals surface area contributed by atoms with E-state index in [1.54, 1.807) is 24.3 Å². The van der Waals surface area contributed by atoms with Crippen LogP contribution < -0.4 is 4.90 Å². The molecule has 1 aliphatic heterocycles. The smallest absolute Gasteiger partial charge is 0.335 e. The highest BCUT2D eigenvalue weighted by molar-refractivity contribution is 5.87. The second-order valence-corrected chi connectivity index (χ2v) is 7.74. The average Bonchev–Trinajstić information content (AvgIpc) is 3.15. The highest BCUT2D eigenvalue weighted by Gasteiger charge is 2.37. The fourth-order valence-corrected chi connectivity index (χ4v) is 3.67.